The molecule has 3 heterocycles. The molecule has 147 heavy (non-hydrogen) atoms. The van der Waals surface area contributed by atoms with Gasteiger partial charge in [0.25, 0.3) is 39.6 Å². The Balaban J connectivity index is 0.000000168. The summed E-state index contributed by atoms with van der Waals surface area (Å²) in [6, 6.07) is 85.7. The average molecular weight is 2040 g/mol. The van der Waals surface area contributed by atoms with E-state index in [0.717, 1.165) is 44.2 Å². The third-order valence-electron chi connectivity index (χ3n) is 22.0. The molecular weight excluding hydrogens is 1940 g/mol. The van der Waals surface area contributed by atoms with Crippen molar-refractivity contribution in [3.8, 4) is 17.1 Å². The molecule has 5 amide bonds. The van der Waals surface area contributed by atoms with E-state index in [2.05, 4.69) is 41.3 Å². The molecule has 2 fully saturated rings. The number of alkyl halides is 3. The number of aryl methyl sites for hydroxylation is 1. The van der Waals surface area contributed by atoms with Crippen molar-refractivity contribution < 1.29 is 132 Å². The smallest absolute Gasteiger partial charge is 0.422 e. The summed E-state index contributed by atoms with van der Waals surface area (Å²) in [7, 11) is -4.38. The first-order valence-electron chi connectivity index (χ1n) is 44.6. The van der Waals surface area contributed by atoms with Gasteiger partial charge in [0.05, 0.1) is 106 Å². The second-order valence-corrected chi connectivity index (χ2v) is 36.5. The van der Waals surface area contributed by atoms with Gasteiger partial charge >= 0.3 is 36.0 Å². The number of carboxylic acids is 5. The zero-order valence-corrected chi connectivity index (χ0v) is 81.0. The van der Waals surface area contributed by atoms with E-state index in [1.807, 2.05) is 87.5 Å². The number of aromatic carboxylic acids is 5. The van der Waals surface area contributed by atoms with Crippen molar-refractivity contribution in [2.24, 2.45) is 0 Å². The van der Waals surface area contributed by atoms with E-state index >= 15 is 0 Å². The Morgan fingerprint density at radius 3 is 1.27 bits per heavy atom. The summed E-state index contributed by atoms with van der Waals surface area (Å²) in [6.45, 7) is 6.48. The molecule has 13 aromatic carbocycles. The van der Waals surface area contributed by atoms with Crippen LogP contribution in [0.2, 0.25) is 0 Å². The number of anilines is 7. The fraction of sp³-hybridized carbons (Fsp3) is 0.148. The summed E-state index contributed by atoms with van der Waals surface area (Å²) in [6.07, 6.45) is 0.744. The monoisotopic (exact) mass is 2040 g/mol. The number of sulfonamides is 2. The molecule has 0 saturated carbocycles. The van der Waals surface area contributed by atoms with Gasteiger partial charge in [-0.25, -0.2) is 45.8 Å². The van der Waals surface area contributed by atoms with E-state index in [1.165, 1.54) is 128 Å². The number of para-hydroxylation sites is 4. The first kappa shape index (κ1) is 110. The Morgan fingerprint density at radius 1 is 0.415 bits per heavy atom. The number of rotatable bonds is 29. The normalized spacial score (nSPS) is 12.5. The van der Waals surface area contributed by atoms with E-state index < -0.39 is 97.9 Å². The molecule has 758 valence electrons. The number of nitrogens with one attached hydrogen (secondary N) is 6. The maximum absolute atomic E-state index is 13.1. The highest BCUT2D eigenvalue weighted by Crippen LogP contribution is 2.35. The van der Waals surface area contributed by atoms with Crippen LogP contribution in [-0.2, 0) is 57.6 Å². The number of Topliss-reactive ketones (excluding diaryl/α,β-unsaturated/α-hetero) is 1. The van der Waals surface area contributed by atoms with Crippen molar-refractivity contribution in [1.29, 1.82) is 0 Å². The Bertz CT molecular complexity index is 7320. The topological polar surface area (TPSA) is 499 Å². The molecule has 0 spiro atoms. The van der Waals surface area contributed by atoms with Crippen molar-refractivity contribution >= 4 is 125 Å². The third kappa shape index (κ3) is 30.9. The van der Waals surface area contributed by atoms with Gasteiger partial charge in [0.2, 0.25) is 10.0 Å². The lowest BCUT2D eigenvalue weighted by molar-refractivity contribution is -0.153. The van der Waals surface area contributed by atoms with Gasteiger partial charge in [-0.1, -0.05) is 169 Å². The van der Waals surface area contributed by atoms with Crippen LogP contribution in [0.1, 0.15) is 150 Å². The van der Waals surface area contributed by atoms with E-state index in [4.69, 9.17) is 39.4 Å². The molecule has 34 nitrogen and oxygen atoms in total. The number of carboxylic acid groups (broad SMARTS) is 5. The highest BCUT2D eigenvalue weighted by atomic mass is 32.2. The molecule has 11 N–H and O–H groups in total. The van der Waals surface area contributed by atoms with Gasteiger partial charge in [-0.2, -0.15) is 13.2 Å². The van der Waals surface area contributed by atoms with Crippen molar-refractivity contribution in [2.75, 3.05) is 88.6 Å². The first-order chi connectivity index (χ1) is 70.0. The molecule has 0 atom stereocenters. The van der Waals surface area contributed by atoms with Crippen LogP contribution in [0.3, 0.4) is 0 Å². The van der Waals surface area contributed by atoms with Crippen molar-refractivity contribution in [3.05, 3.63) is 417 Å². The van der Waals surface area contributed by atoms with Crippen LogP contribution in [0.5, 0.6) is 5.75 Å². The molecule has 16 rings (SSSR count). The Morgan fingerprint density at radius 2 is 0.810 bits per heavy atom. The van der Waals surface area contributed by atoms with Gasteiger partial charge in [-0.3, -0.25) is 37.4 Å². The number of hydrogen-bond acceptors (Lipinski definition) is 21. The summed E-state index contributed by atoms with van der Waals surface area (Å²) < 4.78 is 115. The number of benzene rings is 13. The van der Waals surface area contributed by atoms with Crippen molar-refractivity contribution in [2.45, 2.75) is 56.3 Å². The Labute approximate surface area is 841 Å². The summed E-state index contributed by atoms with van der Waals surface area (Å²) >= 11 is 0. The molecule has 14 aromatic rings. The summed E-state index contributed by atoms with van der Waals surface area (Å²) in [5.41, 5.74) is 7.81. The highest BCUT2D eigenvalue weighted by molar-refractivity contribution is 7.93. The Kier molecular flexibility index (Phi) is 37.6. The highest BCUT2D eigenvalue weighted by Gasteiger charge is 2.35. The SMILES string of the molecule is CC1(Cc2ccc(CC(=O)c3ccccc3C(=O)O)cc2)OCCO1.CC1(c2ccc(NC(=O)c3ccccc3C(=O)O)cc2)OCCO1.CN(c1cccc(NC(=O)c2ccccc2C(=O)O)c1)S(C)(=O)=O.Cc1ccc(C(=O)Nc2ccccc2S(=O)(=O)N(C)c2ccccc2)cc1.O=C(O)c1ccccc1C(=O)Nc1ccc(-c2ncc[nH]2)cc1.O=C(O)c1ccccc1C(=O)Nc1ccccc1OCC(F)(F)F. The number of ether oxygens (including phenoxy) is 5. The molecule has 2 saturated heterocycles. The fourth-order valence-electron chi connectivity index (χ4n) is 14.4. The van der Waals surface area contributed by atoms with Gasteiger partial charge in [0.15, 0.2) is 24.0 Å². The lowest BCUT2D eigenvalue weighted by Crippen LogP contribution is -2.28. The van der Waals surface area contributed by atoms with Crippen LogP contribution in [0, 0.1) is 6.92 Å². The number of aromatic nitrogens is 2. The second-order valence-electron chi connectivity index (χ2n) is 32.5. The molecular formula is C108H98F3N9O25S2. The number of halogens is 3. The Hall–Kier alpha value is -17.6. The van der Waals surface area contributed by atoms with Crippen LogP contribution in [0.15, 0.2) is 339 Å². The van der Waals surface area contributed by atoms with Crippen LogP contribution in [-0.4, -0.2) is 183 Å². The van der Waals surface area contributed by atoms with Gasteiger partial charge in [0.1, 0.15) is 16.5 Å². The second kappa shape index (κ2) is 50.4. The van der Waals surface area contributed by atoms with Crippen LogP contribution >= 0.6 is 0 Å². The predicted octanol–water partition coefficient (Wildman–Crippen LogP) is 18.7. The number of aromatic amines is 1. The van der Waals surface area contributed by atoms with Gasteiger partial charge in [0, 0.05) is 78.6 Å². The van der Waals surface area contributed by atoms with E-state index in [-0.39, 0.29) is 95.8 Å². The predicted molar refractivity (Wildman–Crippen MR) is 542 cm³/mol. The quantitative estimate of drug-likeness (QED) is 0.0194. The minimum absolute atomic E-state index is 0.00643. The number of hydrogen-bond donors (Lipinski definition) is 11. The number of amides is 5. The van der Waals surface area contributed by atoms with Crippen molar-refractivity contribution in [3.63, 3.8) is 0 Å². The number of H-pyrrole nitrogens is 1. The summed E-state index contributed by atoms with van der Waals surface area (Å²) in [4.78, 5) is 137. The third-order valence-corrected chi connectivity index (χ3v) is 25.0. The largest absolute Gasteiger partial charge is 0.482 e. The molecule has 39 heteroatoms. The number of ketones is 1. The molecule has 0 unspecified atom stereocenters. The lowest BCUT2D eigenvalue weighted by Gasteiger charge is -2.22. The van der Waals surface area contributed by atoms with Gasteiger partial charge in [-0.15, -0.1) is 0 Å². The van der Waals surface area contributed by atoms with Gasteiger partial charge < -0.3 is 80.8 Å². The average Bonchev–Trinajstić information content (AvgIpc) is 1.65. The van der Waals surface area contributed by atoms with Crippen LogP contribution < -0.4 is 39.9 Å². The number of carbonyl (C=O) groups excluding carboxylic acids is 6. The fourth-order valence-corrected chi connectivity index (χ4v) is 16.2. The van der Waals surface area contributed by atoms with Crippen LogP contribution in [0.25, 0.3) is 11.4 Å². The van der Waals surface area contributed by atoms with Crippen LogP contribution in [0.4, 0.5) is 53.0 Å². The summed E-state index contributed by atoms with van der Waals surface area (Å²) in [5.74, 6) is -9.51. The van der Waals surface area contributed by atoms with Gasteiger partial charge in [-0.05, 0) is 190 Å². The minimum atomic E-state index is -4.52. The van der Waals surface area contributed by atoms with Crippen molar-refractivity contribution in [1.82, 2.24) is 9.97 Å². The molecule has 2 aliphatic heterocycles. The van der Waals surface area contributed by atoms with E-state index in [1.54, 1.807) is 158 Å². The number of carbonyl (C=O) groups is 11. The van der Waals surface area contributed by atoms with E-state index in [9.17, 15) is 87.9 Å². The number of nitrogens with zero attached hydrogens (tertiary/aromatic N) is 3. The molecule has 0 aliphatic carbocycles. The molecule has 1 aromatic heterocycles. The lowest BCUT2D eigenvalue weighted by atomic mass is 9.97. The molecule has 0 bridgehead atoms. The maximum Gasteiger partial charge on any atom is 0.422 e. The molecule has 0 radical (unpaired) electrons. The minimum Gasteiger partial charge on any atom is -0.482 e. The number of imidazole rings is 1. The zero-order chi connectivity index (χ0) is 106. The molecule has 2 aliphatic rings. The van der Waals surface area contributed by atoms with E-state index in [0.29, 0.717) is 66.8 Å². The maximum atomic E-state index is 13.1. The summed E-state index contributed by atoms with van der Waals surface area (Å²) in [5, 5.41) is 58.8. The zero-order valence-electron chi connectivity index (χ0n) is 79.4. The standard InChI is InChI=1S/C21H20N2O3S.C20H20O5.C18H17NO5.C17H13N3O3.C16H12F3NO4.C16H16N2O5S/c1-16-12-14-17(15-13-16)21(24)22-19-10-6-7-11-20(19)27(25,26)23(2)18-8-4-3-5-9-18;1-20(24-10-11-25-20)13-15-8-6-14(7-9-15)12-18(21)16-4-2-3-5-17(16)19(22)23;1-18(23-10-11-24-18)12-6-8-13(9-7-12)19-16(20)14-4-2-3-5-15(14)17(21)22;21-16(13-3-1-2-4-14(13)17(22)23)20-12-7-5-11(6-8-12)15-18-9-10-19-15;17-16(18,19)9-24-13-8-4-3-7-12(13)20-14(21)10-5-1-2-6-11(10)15(22)23;1-18(24(2,22)23)12-7-5-6-11(10-12)17-15(19)13-8-3-4-9-14(13)16(20)21/h3-15H,1-2H3,(H,22,24);2-9H,10-13H2,1H3,(H,22,23);2-9H,10-11H2,1H3,(H,19,20)(H,21,22);1-10H,(H,18,19)(H,20,21)(H,22,23);1-8H,9H2,(H,20,21)(H,22,23);3-10H,1-2H3,(H,17,19)(H,20,21). The first-order valence-corrected chi connectivity index (χ1v) is 47.8.